The first-order chi connectivity index (χ1) is 8.04. The van der Waals surface area contributed by atoms with E-state index in [9.17, 15) is 9.59 Å². The van der Waals surface area contributed by atoms with Gasteiger partial charge < -0.3 is 9.72 Å². The summed E-state index contributed by atoms with van der Waals surface area (Å²) < 4.78 is 6.26. The van der Waals surface area contributed by atoms with Crippen LogP contribution in [0.5, 0.6) is 5.75 Å². The van der Waals surface area contributed by atoms with Crippen molar-refractivity contribution in [3.63, 3.8) is 0 Å². The number of nitrogens with one attached hydrogen (secondary N) is 1. The lowest BCUT2D eigenvalue weighted by atomic mass is 10.2. The highest BCUT2D eigenvalue weighted by molar-refractivity contribution is 5.78. The number of rotatable bonds is 2. The molecule has 1 aromatic heterocycles. The van der Waals surface area contributed by atoms with Gasteiger partial charge in [-0.05, 0) is 32.0 Å². The van der Waals surface area contributed by atoms with Crippen molar-refractivity contribution in [1.29, 1.82) is 0 Å². The van der Waals surface area contributed by atoms with Crippen molar-refractivity contribution in [2.24, 2.45) is 0 Å². The summed E-state index contributed by atoms with van der Waals surface area (Å²) in [4.78, 5) is 26.6. The van der Waals surface area contributed by atoms with Crippen LogP contribution in [0.3, 0.4) is 0 Å². The second-order valence-electron chi connectivity index (χ2n) is 4.11. The van der Waals surface area contributed by atoms with E-state index in [2.05, 4.69) is 4.98 Å². The van der Waals surface area contributed by atoms with Crippen molar-refractivity contribution in [2.75, 3.05) is 7.11 Å². The van der Waals surface area contributed by atoms with E-state index in [4.69, 9.17) is 4.74 Å². The highest BCUT2D eigenvalue weighted by atomic mass is 16.5. The molecule has 0 unspecified atom stereocenters. The molecule has 0 bridgehead atoms. The molecule has 5 heteroatoms. The minimum atomic E-state index is -0.386. The third kappa shape index (κ3) is 1.84. The molecule has 0 saturated heterocycles. The van der Waals surface area contributed by atoms with Crippen LogP contribution in [0, 0.1) is 0 Å². The lowest BCUT2D eigenvalue weighted by molar-refractivity contribution is 0.415. The first kappa shape index (κ1) is 11.4. The fourth-order valence-electron chi connectivity index (χ4n) is 1.80. The molecule has 0 aliphatic carbocycles. The van der Waals surface area contributed by atoms with Crippen LogP contribution < -0.4 is 16.0 Å². The van der Waals surface area contributed by atoms with Crippen molar-refractivity contribution in [3.8, 4) is 5.75 Å². The maximum absolute atomic E-state index is 12.1. The molecule has 17 heavy (non-hydrogen) atoms. The maximum Gasteiger partial charge on any atom is 0.329 e. The van der Waals surface area contributed by atoms with E-state index in [1.165, 1.54) is 11.7 Å². The molecule has 1 N–H and O–H groups in total. The summed E-state index contributed by atoms with van der Waals surface area (Å²) in [5, 5.41) is 0.456. The quantitative estimate of drug-likeness (QED) is 0.851. The van der Waals surface area contributed by atoms with Gasteiger partial charge in [-0.2, -0.15) is 0 Å². The number of methoxy groups -OCH3 is 1. The molecule has 0 fully saturated rings. The Kier molecular flexibility index (Phi) is 2.75. The van der Waals surface area contributed by atoms with Crippen LogP contribution in [-0.2, 0) is 0 Å². The maximum atomic E-state index is 12.1. The van der Waals surface area contributed by atoms with E-state index in [1.807, 2.05) is 0 Å². The number of nitrogens with zero attached hydrogens (tertiary/aromatic N) is 1. The molecule has 2 rings (SSSR count). The van der Waals surface area contributed by atoms with Gasteiger partial charge in [0.25, 0.3) is 5.56 Å². The van der Waals surface area contributed by atoms with Gasteiger partial charge in [0.2, 0.25) is 0 Å². The topological polar surface area (TPSA) is 64.1 Å². The minimum Gasteiger partial charge on any atom is -0.497 e. The number of hydrogen-bond acceptors (Lipinski definition) is 3. The molecule has 0 spiro atoms. The van der Waals surface area contributed by atoms with E-state index in [0.717, 1.165) is 0 Å². The zero-order valence-electron chi connectivity index (χ0n) is 9.98. The molecule has 0 amide bonds. The van der Waals surface area contributed by atoms with Crippen molar-refractivity contribution in [1.82, 2.24) is 9.55 Å². The van der Waals surface area contributed by atoms with Crippen LogP contribution in [0.1, 0.15) is 19.9 Å². The summed E-state index contributed by atoms with van der Waals surface area (Å²) in [6, 6.07) is 4.83. The third-order valence-electron chi connectivity index (χ3n) is 2.65. The molecule has 90 valence electrons. The number of aromatic nitrogens is 2. The summed E-state index contributed by atoms with van der Waals surface area (Å²) >= 11 is 0. The van der Waals surface area contributed by atoms with Gasteiger partial charge in [0.1, 0.15) is 5.75 Å². The van der Waals surface area contributed by atoms with Gasteiger partial charge in [0, 0.05) is 6.04 Å². The van der Waals surface area contributed by atoms with Gasteiger partial charge >= 0.3 is 5.69 Å². The number of aromatic amines is 1. The van der Waals surface area contributed by atoms with Crippen LogP contribution in [-0.4, -0.2) is 16.7 Å². The Morgan fingerprint density at radius 1 is 1.29 bits per heavy atom. The average Bonchev–Trinajstić information content (AvgIpc) is 2.28. The second-order valence-corrected chi connectivity index (χ2v) is 4.11. The lowest BCUT2D eigenvalue weighted by Gasteiger charge is -2.09. The zero-order valence-corrected chi connectivity index (χ0v) is 9.98. The van der Waals surface area contributed by atoms with E-state index in [0.29, 0.717) is 16.7 Å². The molecule has 2 aromatic rings. The number of fused-ring (bicyclic) bond motifs is 1. The van der Waals surface area contributed by atoms with Gasteiger partial charge in [-0.15, -0.1) is 0 Å². The van der Waals surface area contributed by atoms with Crippen molar-refractivity contribution < 1.29 is 4.74 Å². The van der Waals surface area contributed by atoms with Gasteiger partial charge in [0.05, 0.1) is 18.0 Å². The van der Waals surface area contributed by atoms with Crippen molar-refractivity contribution >= 4 is 10.9 Å². The molecular weight excluding hydrogens is 220 g/mol. The number of ether oxygens (including phenoxy) is 1. The summed E-state index contributed by atoms with van der Waals surface area (Å²) in [5.74, 6) is 0.594. The molecular formula is C12H14N2O3. The molecule has 0 radical (unpaired) electrons. The zero-order chi connectivity index (χ0) is 12.6. The summed E-state index contributed by atoms with van der Waals surface area (Å²) in [5.41, 5.74) is -0.155. The van der Waals surface area contributed by atoms with Crippen LogP contribution in [0.25, 0.3) is 10.9 Å². The number of hydrogen-bond donors (Lipinski definition) is 1. The summed E-state index contributed by atoms with van der Waals surface area (Å²) in [7, 11) is 1.54. The molecule has 5 nitrogen and oxygen atoms in total. The second kappa shape index (κ2) is 4.08. The smallest absolute Gasteiger partial charge is 0.329 e. The monoisotopic (exact) mass is 234 g/mol. The van der Waals surface area contributed by atoms with Crippen molar-refractivity contribution in [2.45, 2.75) is 19.9 Å². The average molecular weight is 234 g/mol. The van der Waals surface area contributed by atoms with Crippen LogP contribution >= 0.6 is 0 Å². The first-order valence-corrected chi connectivity index (χ1v) is 5.37. The Morgan fingerprint density at radius 2 is 2.00 bits per heavy atom. The molecule has 0 saturated carbocycles. The first-order valence-electron chi connectivity index (χ1n) is 5.37. The standard InChI is InChI=1S/C12H14N2O3/c1-7(2)14-11(15)9-6-8(17-3)4-5-10(9)13-12(14)16/h4-7H,1-3H3,(H,13,16). The van der Waals surface area contributed by atoms with E-state index in [-0.39, 0.29) is 17.3 Å². The SMILES string of the molecule is COc1ccc2[nH]c(=O)n(C(C)C)c(=O)c2c1. The molecule has 1 aromatic carbocycles. The van der Waals surface area contributed by atoms with Gasteiger partial charge in [-0.1, -0.05) is 0 Å². The lowest BCUT2D eigenvalue weighted by Crippen LogP contribution is -2.36. The van der Waals surface area contributed by atoms with E-state index in [1.54, 1.807) is 32.0 Å². The Hall–Kier alpha value is -2.04. The van der Waals surface area contributed by atoms with Crippen LogP contribution in [0.15, 0.2) is 27.8 Å². The fraction of sp³-hybridized carbons (Fsp3) is 0.333. The largest absolute Gasteiger partial charge is 0.497 e. The highest BCUT2D eigenvalue weighted by Gasteiger charge is 2.10. The normalized spacial score (nSPS) is 11.1. The minimum absolute atomic E-state index is 0.179. The summed E-state index contributed by atoms with van der Waals surface area (Å²) in [6.45, 7) is 3.59. The Morgan fingerprint density at radius 3 is 2.59 bits per heavy atom. The predicted octanol–water partition coefficient (Wildman–Crippen LogP) is 1.28. The molecule has 0 aliphatic rings. The Bertz CT molecular complexity index is 667. The van der Waals surface area contributed by atoms with E-state index < -0.39 is 0 Å². The fourth-order valence-corrected chi connectivity index (χ4v) is 1.80. The summed E-state index contributed by atoms with van der Waals surface area (Å²) in [6.07, 6.45) is 0. The highest BCUT2D eigenvalue weighted by Crippen LogP contribution is 2.15. The Balaban J connectivity index is 2.89. The molecule has 1 heterocycles. The van der Waals surface area contributed by atoms with Crippen LogP contribution in [0.4, 0.5) is 0 Å². The third-order valence-corrected chi connectivity index (χ3v) is 2.65. The molecule has 0 aliphatic heterocycles. The van der Waals surface area contributed by atoms with Crippen molar-refractivity contribution in [3.05, 3.63) is 39.0 Å². The van der Waals surface area contributed by atoms with E-state index >= 15 is 0 Å². The van der Waals surface area contributed by atoms with Crippen LogP contribution in [0.2, 0.25) is 0 Å². The predicted molar refractivity (Wildman–Crippen MR) is 65.8 cm³/mol. The number of H-pyrrole nitrogens is 1. The Labute approximate surface area is 97.7 Å². The van der Waals surface area contributed by atoms with Gasteiger partial charge in [-0.25, -0.2) is 4.79 Å². The van der Waals surface area contributed by atoms with Gasteiger partial charge in [-0.3, -0.25) is 9.36 Å². The number of benzene rings is 1. The van der Waals surface area contributed by atoms with Gasteiger partial charge in [0.15, 0.2) is 0 Å². The molecule has 0 atom stereocenters.